The van der Waals surface area contributed by atoms with E-state index in [0.717, 1.165) is 44.8 Å². The highest BCUT2D eigenvalue weighted by atomic mass is 16.5. The summed E-state index contributed by atoms with van der Waals surface area (Å²) in [6, 6.07) is 8.85. The fourth-order valence-electron chi connectivity index (χ4n) is 3.68. The van der Waals surface area contributed by atoms with Gasteiger partial charge in [-0.05, 0) is 38.6 Å². The number of β-amino-alcohol motifs (C(OH)–C–C–N with tert-alkyl or cyclic N) is 1. The summed E-state index contributed by atoms with van der Waals surface area (Å²) in [5.74, 6) is 1.56. The fourth-order valence-corrected chi connectivity index (χ4v) is 3.68. The van der Waals surface area contributed by atoms with E-state index < -0.39 is 0 Å². The molecule has 0 amide bonds. The maximum Gasteiger partial charge on any atom is 0.122 e. The average Bonchev–Trinajstić information content (AvgIpc) is 2.78. The van der Waals surface area contributed by atoms with E-state index in [1.54, 1.807) is 0 Å². The Kier molecular flexibility index (Phi) is 4.48. The van der Waals surface area contributed by atoms with Gasteiger partial charge in [0.1, 0.15) is 5.75 Å². The van der Waals surface area contributed by atoms with Crippen LogP contribution in [0.25, 0.3) is 0 Å². The minimum atomic E-state index is -0.176. The number of likely N-dealkylation sites (N-methyl/N-ethyl adjacent to an activating group) is 1. The first-order chi connectivity index (χ1) is 10.1. The molecule has 1 aromatic rings. The highest BCUT2D eigenvalue weighted by Crippen LogP contribution is 2.35. The topological polar surface area (TPSA) is 35.9 Å². The summed E-state index contributed by atoms with van der Waals surface area (Å²) in [5, 5.41) is 10.0. The molecule has 3 unspecified atom stereocenters. The van der Waals surface area contributed by atoms with E-state index in [-0.39, 0.29) is 6.10 Å². The standard InChI is InChI=1S/C17H26N2O2/c1-18(2)11-14-9-15(20)12-19(14)10-13-7-8-21-17-6-4-3-5-16(13)17/h3-6,13-15,20H,7-12H2,1-2H3. The van der Waals surface area contributed by atoms with E-state index in [4.69, 9.17) is 4.74 Å². The van der Waals surface area contributed by atoms with Crippen LogP contribution in [0.2, 0.25) is 0 Å². The molecule has 1 aromatic carbocycles. The predicted molar refractivity (Wildman–Crippen MR) is 83.8 cm³/mol. The Morgan fingerprint density at radius 3 is 2.95 bits per heavy atom. The second kappa shape index (κ2) is 6.34. The van der Waals surface area contributed by atoms with E-state index in [2.05, 4.69) is 42.1 Å². The van der Waals surface area contributed by atoms with Crippen LogP contribution in [0.1, 0.15) is 24.3 Å². The first kappa shape index (κ1) is 14.8. The fraction of sp³-hybridized carbons (Fsp3) is 0.647. The average molecular weight is 290 g/mol. The summed E-state index contributed by atoms with van der Waals surface area (Å²) in [4.78, 5) is 4.69. The Balaban J connectivity index is 1.71. The molecule has 1 N–H and O–H groups in total. The third kappa shape index (κ3) is 3.39. The Hall–Kier alpha value is -1.10. The van der Waals surface area contributed by atoms with Crippen LogP contribution in [-0.4, -0.2) is 67.4 Å². The summed E-state index contributed by atoms with van der Waals surface area (Å²) < 4.78 is 5.75. The van der Waals surface area contributed by atoms with Gasteiger partial charge in [-0.2, -0.15) is 0 Å². The highest BCUT2D eigenvalue weighted by Gasteiger charge is 2.34. The van der Waals surface area contributed by atoms with Gasteiger partial charge in [-0.1, -0.05) is 18.2 Å². The number of hydrogen-bond donors (Lipinski definition) is 1. The number of ether oxygens (including phenoxy) is 1. The predicted octanol–water partition coefficient (Wildman–Crippen LogP) is 1.55. The molecule has 21 heavy (non-hydrogen) atoms. The Morgan fingerprint density at radius 1 is 1.33 bits per heavy atom. The molecule has 0 aliphatic carbocycles. The monoisotopic (exact) mass is 290 g/mol. The van der Waals surface area contributed by atoms with Crippen LogP contribution in [0.4, 0.5) is 0 Å². The lowest BCUT2D eigenvalue weighted by molar-refractivity contribution is 0.158. The van der Waals surface area contributed by atoms with Gasteiger partial charge in [0.2, 0.25) is 0 Å². The second-order valence-electron chi connectivity index (χ2n) is 6.63. The van der Waals surface area contributed by atoms with Crippen LogP contribution in [0, 0.1) is 0 Å². The van der Waals surface area contributed by atoms with Crippen molar-refractivity contribution in [1.82, 2.24) is 9.80 Å². The molecular formula is C17H26N2O2. The van der Waals surface area contributed by atoms with Gasteiger partial charge in [-0.25, -0.2) is 0 Å². The Morgan fingerprint density at radius 2 is 2.14 bits per heavy atom. The van der Waals surface area contributed by atoms with Crippen molar-refractivity contribution in [3.63, 3.8) is 0 Å². The molecule has 0 aromatic heterocycles. The van der Waals surface area contributed by atoms with Gasteiger partial charge in [0.25, 0.3) is 0 Å². The van der Waals surface area contributed by atoms with Crippen LogP contribution < -0.4 is 4.74 Å². The largest absolute Gasteiger partial charge is 0.493 e. The van der Waals surface area contributed by atoms with Crippen molar-refractivity contribution in [2.45, 2.75) is 30.9 Å². The molecule has 4 heteroatoms. The van der Waals surface area contributed by atoms with Crippen molar-refractivity contribution in [3.05, 3.63) is 29.8 Å². The third-order valence-electron chi connectivity index (χ3n) is 4.62. The maximum absolute atomic E-state index is 10.0. The molecule has 2 heterocycles. The highest BCUT2D eigenvalue weighted by molar-refractivity contribution is 5.38. The first-order valence-corrected chi connectivity index (χ1v) is 7.92. The molecule has 0 bridgehead atoms. The van der Waals surface area contributed by atoms with Crippen LogP contribution in [-0.2, 0) is 0 Å². The smallest absolute Gasteiger partial charge is 0.122 e. The van der Waals surface area contributed by atoms with Gasteiger partial charge < -0.3 is 14.7 Å². The molecule has 1 fully saturated rings. The maximum atomic E-state index is 10.0. The number of likely N-dealkylation sites (tertiary alicyclic amines) is 1. The molecule has 3 rings (SSSR count). The summed E-state index contributed by atoms with van der Waals surface area (Å²) in [6.07, 6.45) is 1.78. The molecule has 116 valence electrons. The number of rotatable bonds is 4. The van der Waals surface area contributed by atoms with Crippen molar-refractivity contribution >= 4 is 0 Å². The van der Waals surface area contributed by atoms with Gasteiger partial charge >= 0.3 is 0 Å². The van der Waals surface area contributed by atoms with E-state index in [0.29, 0.717) is 12.0 Å². The number of para-hydroxylation sites is 1. The number of fused-ring (bicyclic) bond motifs is 1. The molecule has 3 atom stereocenters. The zero-order chi connectivity index (χ0) is 14.8. The minimum absolute atomic E-state index is 0.176. The van der Waals surface area contributed by atoms with E-state index in [9.17, 15) is 5.11 Å². The van der Waals surface area contributed by atoms with Gasteiger partial charge in [-0.3, -0.25) is 4.90 Å². The van der Waals surface area contributed by atoms with E-state index in [1.165, 1.54) is 5.56 Å². The second-order valence-corrected chi connectivity index (χ2v) is 6.63. The van der Waals surface area contributed by atoms with Crippen LogP contribution in [0.5, 0.6) is 5.75 Å². The summed E-state index contributed by atoms with van der Waals surface area (Å²) >= 11 is 0. The number of aliphatic hydroxyl groups excluding tert-OH is 1. The van der Waals surface area contributed by atoms with Gasteiger partial charge in [-0.15, -0.1) is 0 Å². The summed E-state index contributed by atoms with van der Waals surface area (Å²) in [6.45, 7) is 3.65. The lowest BCUT2D eigenvalue weighted by Crippen LogP contribution is -2.40. The van der Waals surface area contributed by atoms with Crippen molar-refractivity contribution in [1.29, 1.82) is 0 Å². The van der Waals surface area contributed by atoms with Crippen molar-refractivity contribution in [3.8, 4) is 5.75 Å². The van der Waals surface area contributed by atoms with Crippen molar-refractivity contribution < 1.29 is 9.84 Å². The summed E-state index contributed by atoms with van der Waals surface area (Å²) in [7, 11) is 4.21. The molecule has 1 saturated heterocycles. The molecule has 0 saturated carbocycles. The number of aliphatic hydroxyl groups is 1. The molecule has 0 spiro atoms. The third-order valence-corrected chi connectivity index (χ3v) is 4.62. The van der Waals surface area contributed by atoms with Crippen LogP contribution in [0.3, 0.4) is 0 Å². The number of nitrogens with zero attached hydrogens (tertiary/aromatic N) is 2. The molecular weight excluding hydrogens is 264 g/mol. The summed E-state index contributed by atoms with van der Waals surface area (Å²) in [5.41, 5.74) is 1.33. The molecule has 2 aliphatic rings. The lowest BCUT2D eigenvalue weighted by atomic mass is 9.92. The Labute approximate surface area is 127 Å². The quantitative estimate of drug-likeness (QED) is 0.913. The zero-order valence-corrected chi connectivity index (χ0v) is 13.0. The lowest BCUT2D eigenvalue weighted by Gasteiger charge is -2.33. The van der Waals surface area contributed by atoms with Crippen LogP contribution in [0.15, 0.2) is 24.3 Å². The number of benzene rings is 1. The first-order valence-electron chi connectivity index (χ1n) is 7.92. The van der Waals surface area contributed by atoms with Gasteiger partial charge in [0, 0.05) is 31.6 Å². The van der Waals surface area contributed by atoms with Gasteiger partial charge in [0.15, 0.2) is 0 Å². The molecule has 2 aliphatic heterocycles. The molecule has 4 nitrogen and oxygen atoms in total. The minimum Gasteiger partial charge on any atom is -0.493 e. The zero-order valence-electron chi connectivity index (χ0n) is 13.0. The van der Waals surface area contributed by atoms with Crippen molar-refractivity contribution in [2.75, 3.05) is 40.3 Å². The van der Waals surface area contributed by atoms with Crippen LogP contribution >= 0.6 is 0 Å². The van der Waals surface area contributed by atoms with E-state index >= 15 is 0 Å². The Bertz CT molecular complexity index is 478. The molecule has 0 radical (unpaired) electrons. The van der Waals surface area contributed by atoms with Gasteiger partial charge in [0.05, 0.1) is 12.7 Å². The van der Waals surface area contributed by atoms with Crippen molar-refractivity contribution in [2.24, 2.45) is 0 Å². The normalized spacial score (nSPS) is 29.4. The SMILES string of the molecule is CN(C)CC1CC(O)CN1CC1CCOc2ccccc21. The van der Waals surface area contributed by atoms with E-state index in [1.807, 2.05) is 6.07 Å². The number of hydrogen-bond acceptors (Lipinski definition) is 4.